The van der Waals surface area contributed by atoms with Crippen LogP contribution in [-0.4, -0.2) is 20.5 Å². The Kier molecular flexibility index (Phi) is 3.37. The van der Waals surface area contributed by atoms with Gasteiger partial charge >= 0.3 is 0 Å². The van der Waals surface area contributed by atoms with Gasteiger partial charge in [-0.05, 0) is 31.4 Å². The maximum Gasteiger partial charge on any atom is 0.209 e. The fourth-order valence-electron chi connectivity index (χ4n) is 1.92. The molecular weight excluding hydrogens is 242 g/mol. The summed E-state index contributed by atoms with van der Waals surface area (Å²) in [6.07, 6.45) is 3.66. The molecule has 1 aromatic heterocycles. The third-order valence-corrected chi connectivity index (χ3v) is 4.03. The van der Waals surface area contributed by atoms with Crippen molar-refractivity contribution < 1.29 is 0 Å². The van der Waals surface area contributed by atoms with Gasteiger partial charge in [0.1, 0.15) is 5.82 Å². The minimum absolute atomic E-state index is 0.619. The van der Waals surface area contributed by atoms with E-state index < -0.39 is 0 Å². The molecule has 4 heteroatoms. The second kappa shape index (κ2) is 5.14. The van der Waals surface area contributed by atoms with Crippen LogP contribution in [0.5, 0.6) is 0 Å². The van der Waals surface area contributed by atoms with Crippen molar-refractivity contribution in [3.8, 4) is 5.69 Å². The van der Waals surface area contributed by atoms with Gasteiger partial charge in [-0.3, -0.25) is 0 Å². The highest BCUT2D eigenvalue weighted by Gasteiger charge is 2.30. The largest absolute Gasteiger partial charge is 0.216 e. The highest BCUT2D eigenvalue weighted by molar-refractivity contribution is 7.99. The summed E-state index contributed by atoms with van der Waals surface area (Å²) in [5.74, 6) is 2.84. The SMILES string of the molecule is CCCSc1nc(C2CC2)n(-c2ccccc2)n1. The molecule has 1 aliphatic carbocycles. The summed E-state index contributed by atoms with van der Waals surface area (Å²) in [6, 6.07) is 10.3. The molecule has 1 saturated carbocycles. The normalized spacial score (nSPS) is 14.9. The first-order valence-electron chi connectivity index (χ1n) is 6.53. The van der Waals surface area contributed by atoms with Crippen molar-refractivity contribution >= 4 is 11.8 Å². The van der Waals surface area contributed by atoms with Crippen molar-refractivity contribution in [3.63, 3.8) is 0 Å². The average molecular weight is 259 g/mol. The quantitative estimate of drug-likeness (QED) is 0.768. The van der Waals surface area contributed by atoms with Crippen LogP contribution in [0.3, 0.4) is 0 Å². The van der Waals surface area contributed by atoms with Crippen LogP contribution in [-0.2, 0) is 0 Å². The van der Waals surface area contributed by atoms with Gasteiger partial charge in [-0.2, -0.15) is 0 Å². The summed E-state index contributed by atoms with van der Waals surface area (Å²) in [5, 5.41) is 5.57. The third-order valence-electron chi connectivity index (χ3n) is 2.99. The molecule has 1 aromatic carbocycles. The Balaban J connectivity index is 1.94. The van der Waals surface area contributed by atoms with Gasteiger partial charge in [-0.15, -0.1) is 5.10 Å². The number of hydrogen-bond acceptors (Lipinski definition) is 3. The molecule has 0 N–H and O–H groups in total. The highest BCUT2D eigenvalue weighted by atomic mass is 32.2. The molecule has 3 rings (SSSR count). The average Bonchev–Trinajstić information content (AvgIpc) is 3.18. The van der Waals surface area contributed by atoms with E-state index in [4.69, 9.17) is 4.98 Å². The summed E-state index contributed by atoms with van der Waals surface area (Å²) in [7, 11) is 0. The van der Waals surface area contributed by atoms with Gasteiger partial charge in [0.05, 0.1) is 5.69 Å². The second-order valence-corrected chi connectivity index (χ2v) is 5.68. The molecule has 0 unspecified atom stereocenters. The summed E-state index contributed by atoms with van der Waals surface area (Å²) >= 11 is 1.75. The van der Waals surface area contributed by atoms with E-state index in [1.54, 1.807) is 11.8 Å². The van der Waals surface area contributed by atoms with Gasteiger partial charge in [-0.25, -0.2) is 9.67 Å². The van der Waals surface area contributed by atoms with Crippen LogP contribution in [0.2, 0.25) is 0 Å². The lowest BCUT2D eigenvalue weighted by Gasteiger charge is -2.03. The van der Waals surface area contributed by atoms with Crippen molar-refractivity contribution in [3.05, 3.63) is 36.2 Å². The molecule has 94 valence electrons. The smallest absolute Gasteiger partial charge is 0.209 e. The monoisotopic (exact) mass is 259 g/mol. The molecule has 0 amide bonds. The zero-order chi connectivity index (χ0) is 12.4. The summed E-state index contributed by atoms with van der Waals surface area (Å²) in [5.41, 5.74) is 1.12. The van der Waals surface area contributed by atoms with E-state index in [0.717, 1.165) is 28.8 Å². The first kappa shape index (κ1) is 11.8. The number of rotatable bonds is 5. The van der Waals surface area contributed by atoms with E-state index in [9.17, 15) is 0 Å². The minimum atomic E-state index is 0.619. The number of para-hydroxylation sites is 1. The predicted molar refractivity (Wildman–Crippen MR) is 74.3 cm³/mol. The van der Waals surface area contributed by atoms with Crippen LogP contribution < -0.4 is 0 Å². The van der Waals surface area contributed by atoms with E-state index in [0.29, 0.717) is 5.92 Å². The standard InChI is InChI=1S/C14H17N3S/c1-2-10-18-14-15-13(11-8-9-11)17(16-14)12-6-4-3-5-7-12/h3-7,11H,2,8-10H2,1H3. The maximum absolute atomic E-state index is 4.70. The molecule has 1 heterocycles. The molecule has 2 aromatic rings. The number of hydrogen-bond donors (Lipinski definition) is 0. The van der Waals surface area contributed by atoms with Crippen LogP contribution in [0.15, 0.2) is 35.5 Å². The van der Waals surface area contributed by atoms with E-state index in [1.165, 1.54) is 12.8 Å². The Bertz CT molecular complexity index is 517. The van der Waals surface area contributed by atoms with E-state index >= 15 is 0 Å². The molecule has 3 nitrogen and oxygen atoms in total. The first-order chi connectivity index (χ1) is 8.88. The van der Waals surface area contributed by atoms with Crippen LogP contribution in [0.1, 0.15) is 37.9 Å². The molecule has 0 saturated heterocycles. The Morgan fingerprint density at radius 3 is 2.72 bits per heavy atom. The van der Waals surface area contributed by atoms with Gasteiger partial charge in [0.25, 0.3) is 0 Å². The molecule has 0 spiro atoms. The topological polar surface area (TPSA) is 30.7 Å². The van der Waals surface area contributed by atoms with Crippen molar-refractivity contribution in [2.75, 3.05) is 5.75 Å². The molecule has 0 atom stereocenters. The van der Waals surface area contributed by atoms with Gasteiger partial charge < -0.3 is 0 Å². The summed E-state index contributed by atoms with van der Waals surface area (Å²) in [4.78, 5) is 4.70. The number of nitrogens with zero attached hydrogens (tertiary/aromatic N) is 3. The number of thioether (sulfide) groups is 1. The zero-order valence-corrected chi connectivity index (χ0v) is 11.4. The van der Waals surface area contributed by atoms with E-state index in [2.05, 4.69) is 24.2 Å². The van der Waals surface area contributed by atoms with Gasteiger partial charge in [-0.1, -0.05) is 36.9 Å². The van der Waals surface area contributed by atoms with Gasteiger partial charge in [0, 0.05) is 11.7 Å². The Hall–Kier alpha value is -1.29. The fraction of sp³-hybridized carbons (Fsp3) is 0.429. The highest BCUT2D eigenvalue weighted by Crippen LogP contribution is 2.40. The van der Waals surface area contributed by atoms with Crippen LogP contribution in [0.25, 0.3) is 5.69 Å². The van der Waals surface area contributed by atoms with E-state index in [1.807, 2.05) is 22.9 Å². The molecule has 0 aliphatic heterocycles. The fourth-order valence-corrected chi connectivity index (χ4v) is 2.61. The lowest BCUT2D eigenvalue weighted by atomic mass is 10.3. The molecular formula is C14H17N3S. The predicted octanol–water partition coefficient (Wildman–Crippen LogP) is 3.65. The van der Waals surface area contributed by atoms with Crippen LogP contribution >= 0.6 is 11.8 Å². The summed E-state index contributed by atoms with van der Waals surface area (Å²) in [6.45, 7) is 2.18. The summed E-state index contributed by atoms with van der Waals surface area (Å²) < 4.78 is 2.02. The van der Waals surface area contributed by atoms with Crippen LogP contribution in [0, 0.1) is 0 Å². The first-order valence-corrected chi connectivity index (χ1v) is 7.52. The number of aromatic nitrogens is 3. The lowest BCUT2D eigenvalue weighted by molar-refractivity contribution is 0.782. The van der Waals surface area contributed by atoms with Crippen molar-refractivity contribution in [2.24, 2.45) is 0 Å². The molecule has 0 radical (unpaired) electrons. The molecule has 1 aliphatic rings. The Morgan fingerprint density at radius 1 is 1.28 bits per heavy atom. The van der Waals surface area contributed by atoms with Crippen molar-refractivity contribution in [1.82, 2.24) is 14.8 Å². The second-order valence-electron chi connectivity index (χ2n) is 4.62. The van der Waals surface area contributed by atoms with Gasteiger partial charge in [0.15, 0.2) is 0 Å². The van der Waals surface area contributed by atoms with Crippen molar-refractivity contribution in [1.29, 1.82) is 0 Å². The van der Waals surface area contributed by atoms with Gasteiger partial charge in [0.2, 0.25) is 5.16 Å². The van der Waals surface area contributed by atoms with E-state index in [-0.39, 0.29) is 0 Å². The molecule has 1 fully saturated rings. The number of benzene rings is 1. The van der Waals surface area contributed by atoms with Crippen molar-refractivity contribution in [2.45, 2.75) is 37.3 Å². The lowest BCUT2D eigenvalue weighted by Crippen LogP contribution is -2.01. The Labute approximate surface area is 112 Å². The molecule has 0 bridgehead atoms. The molecule has 18 heavy (non-hydrogen) atoms. The maximum atomic E-state index is 4.70. The zero-order valence-electron chi connectivity index (χ0n) is 10.5. The minimum Gasteiger partial charge on any atom is -0.216 e. The third kappa shape index (κ3) is 2.43. The Morgan fingerprint density at radius 2 is 2.06 bits per heavy atom. The van der Waals surface area contributed by atoms with Crippen LogP contribution in [0.4, 0.5) is 0 Å².